The maximum Gasteiger partial charge on any atom is 0.338 e. The molecule has 2 rings (SSSR count). The normalized spacial score (nSPS) is 10.1. The van der Waals surface area contributed by atoms with E-state index in [2.05, 4.69) is 10.6 Å². The van der Waals surface area contributed by atoms with Gasteiger partial charge in [0.1, 0.15) is 6.42 Å². The number of ether oxygens (including phenoxy) is 1. The highest BCUT2D eigenvalue weighted by atomic mass is 16.5. The summed E-state index contributed by atoms with van der Waals surface area (Å²) in [6.45, 7) is 4.38. The van der Waals surface area contributed by atoms with Gasteiger partial charge in [0.2, 0.25) is 11.8 Å². The molecule has 0 aromatic heterocycles. The molecule has 26 heavy (non-hydrogen) atoms. The number of carbonyl (C=O) groups excluding carboxylic acids is 3. The van der Waals surface area contributed by atoms with Crippen molar-refractivity contribution in [1.82, 2.24) is 5.32 Å². The van der Waals surface area contributed by atoms with Crippen LogP contribution in [0.5, 0.6) is 0 Å². The minimum atomic E-state index is -0.420. The Morgan fingerprint density at radius 3 is 2.31 bits per heavy atom. The zero-order chi connectivity index (χ0) is 18.9. The molecule has 0 aliphatic heterocycles. The third-order valence-corrected chi connectivity index (χ3v) is 3.74. The molecule has 2 amide bonds. The summed E-state index contributed by atoms with van der Waals surface area (Å²) in [7, 11) is 0. The van der Waals surface area contributed by atoms with Crippen LogP contribution in [0.1, 0.15) is 34.8 Å². The van der Waals surface area contributed by atoms with E-state index in [1.165, 1.54) is 0 Å². The maximum atomic E-state index is 12.0. The first-order chi connectivity index (χ1) is 12.5. The standard InChI is InChI=1S/C20H22N2O4/c1-3-26-20(25)15-8-10-17(11-9-15)22-19(24)12-18(23)21-13-16-7-5-4-6-14(16)2/h4-11H,3,12-13H2,1-2H3,(H,21,23)(H,22,24). The first-order valence-electron chi connectivity index (χ1n) is 8.38. The Bertz CT molecular complexity index is 785. The molecular weight excluding hydrogens is 332 g/mol. The maximum absolute atomic E-state index is 12.0. The average Bonchev–Trinajstić information content (AvgIpc) is 2.61. The summed E-state index contributed by atoms with van der Waals surface area (Å²) < 4.78 is 4.89. The lowest BCUT2D eigenvalue weighted by molar-refractivity contribution is -0.126. The number of aryl methyl sites for hydroxylation is 1. The SMILES string of the molecule is CCOC(=O)c1ccc(NC(=O)CC(=O)NCc2ccccc2C)cc1. The predicted octanol–water partition coefficient (Wildman–Crippen LogP) is 2.82. The van der Waals surface area contributed by atoms with Gasteiger partial charge in [-0.15, -0.1) is 0 Å². The van der Waals surface area contributed by atoms with Gasteiger partial charge in [0.05, 0.1) is 12.2 Å². The van der Waals surface area contributed by atoms with Crippen molar-refractivity contribution in [2.75, 3.05) is 11.9 Å². The lowest BCUT2D eigenvalue weighted by Gasteiger charge is -2.09. The van der Waals surface area contributed by atoms with Crippen LogP contribution in [0.3, 0.4) is 0 Å². The van der Waals surface area contributed by atoms with Gasteiger partial charge in [-0.05, 0) is 49.2 Å². The molecular formula is C20H22N2O4. The first kappa shape index (κ1) is 19.2. The highest BCUT2D eigenvalue weighted by molar-refractivity contribution is 6.03. The van der Waals surface area contributed by atoms with Crippen LogP contribution in [-0.4, -0.2) is 24.4 Å². The lowest BCUT2D eigenvalue weighted by atomic mass is 10.1. The van der Waals surface area contributed by atoms with Gasteiger partial charge in [-0.2, -0.15) is 0 Å². The number of carbonyl (C=O) groups is 3. The molecule has 0 unspecified atom stereocenters. The zero-order valence-electron chi connectivity index (χ0n) is 14.9. The third kappa shape index (κ3) is 5.73. The van der Waals surface area contributed by atoms with Gasteiger partial charge in [0.25, 0.3) is 0 Å². The topological polar surface area (TPSA) is 84.5 Å². The van der Waals surface area contributed by atoms with Crippen LogP contribution in [-0.2, 0) is 20.9 Å². The average molecular weight is 354 g/mol. The second-order valence-electron chi connectivity index (χ2n) is 5.73. The van der Waals surface area contributed by atoms with E-state index in [-0.39, 0.29) is 12.3 Å². The Balaban J connectivity index is 1.81. The van der Waals surface area contributed by atoms with Gasteiger partial charge in [-0.3, -0.25) is 9.59 Å². The van der Waals surface area contributed by atoms with Crippen molar-refractivity contribution in [3.05, 3.63) is 65.2 Å². The number of anilines is 1. The first-order valence-corrected chi connectivity index (χ1v) is 8.38. The van der Waals surface area contributed by atoms with E-state index in [1.807, 2.05) is 31.2 Å². The Hall–Kier alpha value is -3.15. The largest absolute Gasteiger partial charge is 0.462 e. The summed E-state index contributed by atoms with van der Waals surface area (Å²) >= 11 is 0. The molecule has 0 saturated heterocycles. The number of amides is 2. The monoisotopic (exact) mass is 354 g/mol. The smallest absolute Gasteiger partial charge is 0.338 e. The van der Waals surface area contributed by atoms with E-state index in [4.69, 9.17) is 4.74 Å². The summed E-state index contributed by atoms with van der Waals surface area (Å²) in [5.41, 5.74) is 3.00. The summed E-state index contributed by atoms with van der Waals surface area (Å²) in [5.74, 6) is -1.19. The third-order valence-electron chi connectivity index (χ3n) is 3.74. The Kier molecular flexibility index (Phi) is 6.91. The molecule has 0 aliphatic rings. The van der Waals surface area contributed by atoms with Gasteiger partial charge in [0.15, 0.2) is 0 Å². The second kappa shape index (κ2) is 9.36. The summed E-state index contributed by atoms with van der Waals surface area (Å²) in [6, 6.07) is 14.0. The molecule has 0 heterocycles. The van der Waals surface area contributed by atoms with E-state index in [9.17, 15) is 14.4 Å². The van der Waals surface area contributed by atoms with Crippen LogP contribution in [0.4, 0.5) is 5.69 Å². The molecule has 136 valence electrons. The predicted molar refractivity (Wildman–Crippen MR) is 98.7 cm³/mol. The number of hydrogen-bond acceptors (Lipinski definition) is 4. The number of hydrogen-bond donors (Lipinski definition) is 2. The molecule has 2 aromatic carbocycles. The summed E-state index contributed by atoms with van der Waals surface area (Å²) in [4.78, 5) is 35.4. The Morgan fingerprint density at radius 2 is 1.65 bits per heavy atom. The van der Waals surface area contributed by atoms with Gasteiger partial charge < -0.3 is 15.4 Å². The molecule has 0 saturated carbocycles. The molecule has 0 aliphatic carbocycles. The van der Waals surface area contributed by atoms with E-state index in [0.29, 0.717) is 24.4 Å². The number of rotatable bonds is 7. The molecule has 0 atom stereocenters. The van der Waals surface area contributed by atoms with Crippen LogP contribution in [0.25, 0.3) is 0 Å². The van der Waals surface area contributed by atoms with Crippen molar-refractivity contribution in [1.29, 1.82) is 0 Å². The van der Waals surface area contributed by atoms with Crippen molar-refractivity contribution in [2.24, 2.45) is 0 Å². The Morgan fingerprint density at radius 1 is 0.962 bits per heavy atom. The molecule has 0 radical (unpaired) electrons. The summed E-state index contributed by atoms with van der Waals surface area (Å²) in [5, 5.41) is 5.36. The minimum Gasteiger partial charge on any atom is -0.462 e. The van der Waals surface area contributed by atoms with E-state index in [1.54, 1.807) is 31.2 Å². The quantitative estimate of drug-likeness (QED) is 0.591. The summed E-state index contributed by atoms with van der Waals surface area (Å²) in [6.07, 6.45) is -0.272. The number of esters is 1. The van der Waals surface area contributed by atoms with Crippen molar-refractivity contribution in [3.63, 3.8) is 0 Å². The molecule has 2 N–H and O–H groups in total. The van der Waals surface area contributed by atoms with Crippen LogP contribution in [0, 0.1) is 6.92 Å². The van der Waals surface area contributed by atoms with Crippen LogP contribution in [0.2, 0.25) is 0 Å². The fourth-order valence-electron chi connectivity index (χ4n) is 2.32. The van der Waals surface area contributed by atoms with Crippen molar-refractivity contribution < 1.29 is 19.1 Å². The van der Waals surface area contributed by atoms with Gasteiger partial charge in [-0.1, -0.05) is 24.3 Å². The van der Waals surface area contributed by atoms with Crippen molar-refractivity contribution in [2.45, 2.75) is 26.8 Å². The van der Waals surface area contributed by atoms with Crippen LogP contribution < -0.4 is 10.6 Å². The highest BCUT2D eigenvalue weighted by Crippen LogP contribution is 2.11. The lowest BCUT2D eigenvalue weighted by Crippen LogP contribution is -2.28. The van der Waals surface area contributed by atoms with Crippen LogP contribution >= 0.6 is 0 Å². The highest BCUT2D eigenvalue weighted by Gasteiger charge is 2.11. The van der Waals surface area contributed by atoms with E-state index in [0.717, 1.165) is 11.1 Å². The van der Waals surface area contributed by atoms with Crippen LogP contribution in [0.15, 0.2) is 48.5 Å². The fourth-order valence-corrected chi connectivity index (χ4v) is 2.32. The zero-order valence-corrected chi connectivity index (χ0v) is 14.9. The van der Waals surface area contributed by atoms with Gasteiger partial charge >= 0.3 is 5.97 Å². The molecule has 0 fully saturated rings. The molecule has 2 aromatic rings. The van der Waals surface area contributed by atoms with Crippen molar-refractivity contribution in [3.8, 4) is 0 Å². The molecule has 6 nitrogen and oxygen atoms in total. The molecule has 6 heteroatoms. The number of benzene rings is 2. The van der Waals surface area contributed by atoms with Gasteiger partial charge in [0, 0.05) is 12.2 Å². The molecule has 0 bridgehead atoms. The van der Waals surface area contributed by atoms with Crippen molar-refractivity contribution >= 4 is 23.5 Å². The second-order valence-corrected chi connectivity index (χ2v) is 5.73. The molecule has 0 spiro atoms. The Labute approximate surface area is 152 Å². The van der Waals surface area contributed by atoms with E-state index < -0.39 is 11.9 Å². The van der Waals surface area contributed by atoms with Gasteiger partial charge in [-0.25, -0.2) is 4.79 Å². The minimum absolute atomic E-state index is 0.272. The fraction of sp³-hybridized carbons (Fsp3) is 0.250. The number of nitrogens with one attached hydrogen (secondary N) is 2. The van der Waals surface area contributed by atoms with E-state index >= 15 is 0 Å².